The van der Waals surface area contributed by atoms with Crippen molar-refractivity contribution in [1.29, 1.82) is 0 Å². The van der Waals surface area contributed by atoms with Gasteiger partial charge in [0, 0.05) is 26.2 Å². The first kappa shape index (κ1) is 13.2. The zero-order chi connectivity index (χ0) is 9.19. The van der Waals surface area contributed by atoms with Crippen molar-refractivity contribution >= 4 is 22.4 Å². The van der Waals surface area contributed by atoms with E-state index in [0.29, 0.717) is 13.1 Å². The number of halogens is 1. The van der Waals surface area contributed by atoms with Crippen LogP contribution >= 0.6 is 12.4 Å². The number of sulfonamides is 1. The van der Waals surface area contributed by atoms with Crippen LogP contribution < -0.4 is 5.32 Å². The molecule has 0 aromatic heterocycles. The molecule has 0 aliphatic carbocycles. The molecule has 1 rings (SSSR count). The number of hydrogen-bond donors (Lipinski definition) is 1. The number of nitrogens with zero attached hydrogens (tertiary/aromatic N) is 1. The summed E-state index contributed by atoms with van der Waals surface area (Å²) in [5.74, 6) is 0. The summed E-state index contributed by atoms with van der Waals surface area (Å²) in [6.45, 7) is 6.20. The van der Waals surface area contributed by atoms with Gasteiger partial charge in [-0.25, -0.2) is 8.42 Å². The Kier molecular flexibility index (Phi) is 5.21. The average Bonchev–Trinajstić information content (AvgIpc) is 2.06. The largest absolute Gasteiger partial charge is 0.314 e. The van der Waals surface area contributed by atoms with Crippen molar-refractivity contribution in [2.75, 3.05) is 26.2 Å². The minimum atomic E-state index is -3.01. The van der Waals surface area contributed by atoms with Crippen molar-refractivity contribution in [2.24, 2.45) is 0 Å². The lowest BCUT2D eigenvalue weighted by molar-refractivity contribution is 0.357. The lowest BCUT2D eigenvalue weighted by atomic mass is 10.4. The van der Waals surface area contributed by atoms with Crippen molar-refractivity contribution in [3.63, 3.8) is 0 Å². The molecule has 1 fully saturated rings. The molecule has 0 aromatic rings. The number of nitrogens with one attached hydrogen (secondary N) is 1. The maximum absolute atomic E-state index is 11.6. The van der Waals surface area contributed by atoms with E-state index in [-0.39, 0.29) is 17.7 Å². The van der Waals surface area contributed by atoms with E-state index in [9.17, 15) is 8.42 Å². The van der Waals surface area contributed by atoms with E-state index >= 15 is 0 Å². The molecule has 1 heterocycles. The molecule has 0 radical (unpaired) electrons. The number of hydrogen-bond acceptors (Lipinski definition) is 3. The fourth-order valence-electron chi connectivity index (χ4n) is 1.20. The van der Waals surface area contributed by atoms with Gasteiger partial charge in [-0.05, 0) is 13.8 Å². The molecular weight excluding hydrogens is 212 g/mol. The molecule has 6 heteroatoms. The van der Waals surface area contributed by atoms with Gasteiger partial charge in [-0.15, -0.1) is 12.4 Å². The highest BCUT2D eigenvalue weighted by molar-refractivity contribution is 7.89. The summed E-state index contributed by atoms with van der Waals surface area (Å²) in [5, 5.41) is 2.82. The lowest BCUT2D eigenvalue weighted by Crippen LogP contribution is -2.48. The van der Waals surface area contributed by atoms with Gasteiger partial charge in [0.1, 0.15) is 0 Å². The quantitative estimate of drug-likeness (QED) is 0.727. The Labute approximate surface area is 86.1 Å². The first-order valence-electron chi connectivity index (χ1n) is 4.25. The molecule has 1 aliphatic rings. The summed E-state index contributed by atoms with van der Waals surface area (Å²) in [6.07, 6.45) is 0. The fourth-order valence-corrected chi connectivity index (χ4v) is 2.48. The van der Waals surface area contributed by atoms with Crippen molar-refractivity contribution in [3.05, 3.63) is 0 Å². The summed E-state index contributed by atoms with van der Waals surface area (Å²) in [4.78, 5) is 0. The average molecular weight is 229 g/mol. The Morgan fingerprint density at radius 2 is 1.69 bits per heavy atom. The third-order valence-corrected chi connectivity index (χ3v) is 4.31. The Bertz CT molecular complexity index is 235. The van der Waals surface area contributed by atoms with Gasteiger partial charge >= 0.3 is 0 Å². The van der Waals surface area contributed by atoms with Gasteiger partial charge < -0.3 is 5.32 Å². The molecule has 4 nitrogen and oxygen atoms in total. The highest BCUT2D eigenvalue weighted by Crippen LogP contribution is 2.08. The van der Waals surface area contributed by atoms with Crippen LogP contribution in [0.1, 0.15) is 13.8 Å². The van der Waals surface area contributed by atoms with Gasteiger partial charge in [0.15, 0.2) is 0 Å². The molecule has 0 atom stereocenters. The molecule has 1 saturated heterocycles. The van der Waals surface area contributed by atoms with Gasteiger partial charge in [0.2, 0.25) is 10.0 Å². The van der Waals surface area contributed by atoms with E-state index in [1.165, 1.54) is 0 Å². The minimum absolute atomic E-state index is 0. The first-order valence-corrected chi connectivity index (χ1v) is 5.75. The molecule has 0 amide bonds. The number of rotatable bonds is 2. The third-order valence-electron chi connectivity index (χ3n) is 2.03. The summed E-state index contributed by atoms with van der Waals surface area (Å²) < 4.78 is 24.7. The van der Waals surface area contributed by atoms with Gasteiger partial charge in [-0.2, -0.15) is 4.31 Å². The highest BCUT2D eigenvalue weighted by atomic mass is 35.5. The molecule has 0 bridgehead atoms. The Morgan fingerprint density at radius 1 is 1.23 bits per heavy atom. The molecule has 0 saturated carbocycles. The summed E-state index contributed by atoms with van der Waals surface area (Å²) >= 11 is 0. The van der Waals surface area contributed by atoms with Crippen LogP contribution in [0.5, 0.6) is 0 Å². The SMILES string of the molecule is CC(C)S(=O)(=O)N1CCNCC1.Cl. The van der Waals surface area contributed by atoms with Crippen LogP contribution in [0, 0.1) is 0 Å². The van der Waals surface area contributed by atoms with Crippen molar-refractivity contribution in [2.45, 2.75) is 19.1 Å². The van der Waals surface area contributed by atoms with Gasteiger partial charge in [0.05, 0.1) is 5.25 Å². The normalized spacial score (nSPS) is 19.9. The standard InChI is InChI=1S/C7H16N2O2S.ClH/c1-7(2)12(10,11)9-5-3-8-4-6-9;/h7-8H,3-6H2,1-2H3;1H. The maximum Gasteiger partial charge on any atom is 0.216 e. The molecular formula is C7H17ClN2O2S. The van der Waals surface area contributed by atoms with Crippen LogP contribution in [-0.4, -0.2) is 44.2 Å². The predicted molar refractivity (Wildman–Crippen MR) is 55.7 cm³/mol. The van der Waals surface area contributed by atoms with Gasteiger partial charge in [-0.3, -0.25) is 0 Å². The Morgan fingerprint density at radius 3 is 2.08 bits per heavy atom. The van der Waals surface area contributed by atoms with Gasteiger partial charge in [0.25, 0.3) is 0 Å². The van der Waals surface area contributed by atoms with E-state index in [1.807, 2.05) is 0 Å². The van der Waals surface area contributed by atoms with E-state index < -0.39 is 10.0 Å². The second-order valence-corrected chi connectivity index (χ2v) is 5.73. The van der Waals surface area contributed by atoms with Crippen LogP contribution in [0.25, 0.3) is 0 Å². The summed E-state index contributed by atoms with van der Waals surface area (Å²) in [7, 11) is -3.01. The summed E-state index contributed by atoms with van der Waals surface area (Å²) in [5.41, 5.74) is 0. The van der Waals surface area contributed by atoms with E-state index in [4.69, 9.17) is 0 Å². The van der Waals surface area contributed by atoms with E-state index in [0.717, 1.165) is 13.1 Å². The maximum atomic E-state index is 11.6. The van der Waals surface area contributed by atoms with Crippen LogP contribution in [-0.2, 0) is 10.0 Å². The van der Waals surface area contributed by atoms with Crippen molar-refractivity contribution in [1.82, 2.24) is 9.62 Å². The minimum Gasteiger partial charge on any atom is -0.314 e. The number of piperazine rings is 1. The predicted octanol–water partition coefficient (Wildman–Crippen LogP) is 0.0516. The second kappa shape index (κ2) is 5.14. The third kappa shape index (κ3) is 3.09. The second-order valence-electron chi connectivity index (χ2n) is 3.24. The molecule has 13 heavy (non-hydrogen) atoms. The monoisotopic (exact) mass is 228 g/mol. The van der Waals surface area contributed by atoms with Crippen molar-refractivity contribution in [3.8, 4) is 0 Å². The van der Waals surface area contributed by atoms with Crippen LogP contribution in [0.4, 0.5) is 0 Å². The van der Waals surface area contributed by atoms with Crippen LogP contribution in [0.15, 0.2) is 0 Å². The molecule has 0 spiro atoms. The van der Waals surface area contributed by atoms with Crippen LogP contribution in [0.3, 0.4) is 0 Å². The molecule has 1 aliphatic heterocycles. The first-order chi connectivity index (χ1) is 5.55. The summed E-state index contributed by atoms with van der Waals surface area (Å²) in [6, 6.07) is 0. The molecule has 1 N–H and O–H groups in total. The highest BCUT2D eigenvalue weighted by Gasteiger charge is 2.26. The van der Waals surface area contributed by atoms with Crippen molar-refractivity contribution < 1.29 is 8.42 Å². The van der Waals surface area contributed by atoms with E-state index in [2.05, 4.69) is 5.32 Å². The zero-order valence-electron chi connectivity index (χ0n) is 7.99. The van der Waals surface area contributed by atoms with Gasteiger partial charge in [-0.1, -0.05) is 0 Å². The molecule has 0 unspecified atom stereocenters. The topological polar surface area (TPSA) is 49.4 Å². The Hall–Kier alpha value is 0.160. The molecule has 80 valence electrons. The fraction of sp³-hybridized carbons (Fsp3) is 1.00. The molecule has 0 aromatic carbocycles. The smallest absolute Gasteiger partial charge is 0.216 e. The van der Waals surface area contributed by atoms with Crippen LogP contribution in [0.2, 0.25) is 0 Å². The van der Waals surface area contributed by atoms with E-state index in [1.54, 1.807) is 18.2 Å². The Balaban J connectivity index is 0.00000144. The zero-order valence-corrected chi connectivity index (χ0v) is 9.62. The lowest BCUT2D eigenvalue weighted by Gasteiger charge is -2.28.